The number of nitrogens with one attached hydrogen (secondary N) is 1. The molecule has 0 bridgehead atoms. The molecule has 4 nitrogen and oxygen atoms in total. The number of esters is 1. The van der Waals surface area contributed by atoms with Crippen LogP contribution in [0.5, 0.6) is 0 Å². The van der Waals surface area contributed by atoms with Crippen LogP contribution in [-0.4, -0.2) is 22.5 Å². The van der Waals surface area contributed by atoms with Crippen molar-refractivity contribution in [1.29, 1.82) is 0 Å². The Hall–Kier alpha value is -2.10. The van der Waals surface area contributed by atoms with Crippen LogP contribution in [0.1, 0.15) is 34.5 Å². The Morgan fingerprint density at radius 3 is 2.72 bits per heavy atom. The van der Waals surface area contributed by atoms with Gasteiger partial charge in [0.2, 0.25) is 5.82 Å². The number of ether oxygens (including phenoxy) is 1. The summed E-state index contributed by atoms with van der Waals surface area (Å²) in [7, 11) is 0. The van der Waals surface area contributed by atoms with E-state index in [1.165, 1.54) is 5.56 Å². The van der Waals surface area contributed by atoms with Gasteiger partial charge in [-0.2, -0.15) is 0 Å². The van der Waals surface area contributed by atoms with Gasteiger partial charge in [-0.25, -0.2) is 9.78 Å². The summed E-state index contributed by atoms with van der Waals surface area (Å²) in [6, 6.07) is 10.0. The van der Waals surface area contributed by atoms with Crippen molar-refractivity contribution in [3.8, 4) is 0 Å². The predicted octanol–water partition coefficient (Wildman–Crippen LogP) is 2.49. The number of hydrogen-bond donors (Lipinski definition) is 1. The van der Waals surface area contributed by atoms with Crippen LogP contribution in [0.25, 0.3) is 0 Å². The van der Waals surface area contributed by atoms with Gasteiger partial charge in [-0.3, -0.25) is 0 Å². The van der Waals surface area contributed by atoms with E-state index in [4.69, 9.17) is 4.74 Å². The number of hydrogen-bond acceptors (Lipinski definition) is 3. The van der Waals surface area contributed by atoms with E-state index in [0.29, 0.717) is 13.0 Å². The zero-order valence-corrected chi connectivity index (χ0v) is 10.6. The van der Waals surface area contributed by atoms with E-state index in [1.54, 1.807) is 6.92 Å². The van der Waals surface area contributed by atoms with Gasteiger partial charge in [0.25, 0.3) is 0 Å². The van der Waals surface area contributed by atoms with Gasteiger partial charge in [0.15, 0.2) is 0 Å². The topological polar surface area (TPSA) is 55.0 Å². The molecule has 0 atom stereocenters. The highest BCUT2D eigenvalue weighted by Crippen LogP contribution is 2.12. The van der Waals surface area contributed by atoms with Crippen molar-refractivity contribution in [3.05, 3.63) is 53.1 Å². The molecule has 2 rings (SSSR count). The summed E-state index contributed by atoms with van der Waals surface area (Å²) in [5.74, 6) is -0.125. The van der Waals surface area contributed by atoms with Crippen molar-refractivity contribution in [3.63, 3.8) is 0 Å². The molecule has 0 saturated carbocycles. The average Bonchev–Trinajstić information content (AvgIpc) is 2.73. The second kappa shape index (κ2) is 5.49. The Kier molecular flexibility index (Phi) is 3.77. The molecule has 0 aliphatic carbocycles. The lowest BCUT2D eigenvalue weighted by atomic mass is 10.1. The number of aryl methyl sites for hydroxylation is 1. The molecule has 2 aromatic rings. The van der Waals surface area contributed by atoms with Crippen molar-refractivity contribution in [1.82, 2.24) is 9.97 Å². The van der Waals surface area contributed by atoms with Gasteiger partial charge in [-0.05, 0) is 19.4 Å². The van der Waals surface area contributed by atoms with Crippen molar-refractivity contribution >= 4 is 5.97 Å². The third kappa shape index (κ3) is 2.77. The quantitative estimate of drug-likeness (QED) is 0.841. The Morgan fingerprint density at radius 1 is 1.33 bits per heavy atom. The van der Waals surface area contributed by atoms with Crippen LogP contribution in [0.4, 0.5) is 0 Å². The summed E-state index contributed by atoms with van der Waals surface area (Å²) >= 11 is 0. The van der Waals surface area contributed by atoms with E-state index in [9.17, 15) is 4.79 Å². The maximum Gasteiger partial charge on any atom is 0.374 e. The van der Waals surface area contributed by atoms with Crippen LogP contribution in [0.2, 0.25) is 0 Å². The van der Waals surface area contributed by atoms with E-state index in [0.717, 1.165) is 11.4 Å². The van der Waals surface area contributed by atoms with Gasteiger partial charge in [-0.15, -0.1) is 0 Å². The highest BCUT2D eigenvalue weighted by Gasteiger charge is 2.14. The highest BCUT2D eigenvalue weighted by atomic mass is 16.5. The molecule has 1 heterocycles. The molecule has 0 amide bonds. The number of nitrogens with zero attached hydrogens (tertiary/aromatic N) is 1. The molecular formula is C14H16N2O2. The van der Waals surface area contributed by atoms with Gasteiger partial charge in [0, 0.05) is 12.1 Å². The molecule has 0 aliphatic rings. The minimum Gasteiger partial charge on any atom is -0.460 e. The van der Waals surface area contributed by atoms with Crippen molar-refractivity contribution in [2.24, 2.45) is 0 Å². The van der Waals surface area contributed by atoms with E-state index in [2.05, 4.69) is 9.97 Å². The van der Waals surface area contributed by atoms with E-state index in [1.807, 2.05) is 37.3 Å². The van der Waals surface area contributed by atoms with Crippen molar-refractivity contribution in [2.75, 3.05) is 6.61 Å². The Bertz CT molecular complexity index is 532. The molecule has 0 unspecified atom stereocenters. The Morgan fingerprint density at radius 2 is 2.06 bits per heavy atom. The minimum absolute atomic E-state index is 0.278. The third-order valence-electron chi connectivity index (χ3n) is 2.67. The number of H-pyrrole nitrogens is 1. The van der Waals surface area contributed by atoms with E-state index in [-0.39, 0.29) is 5.82 Å². The third-order valence-corrected chi connectivity index (χ3v) is 2.67. The van der Waals surface area contributed by atoms with Crippen LogP contribution in [0.3, 0.4) is 0 Å². The fourth-order valence-electron chi connectivity index (χ4n) is 1.75. The SMILES string of the molecule is CCOC(=O)c1nc(Cc2ccccc2)c(C)[nH]1. The monoisotopic (exact) mass is 244 g/mol. The molecule has 1 aromatic heterocycles. The fraction of sp³-hybridized carbons (Fsp3) is 0.286. The second-order valence-corrected chi connectivity index (χ2v) is 4.04. The first-order valence-electron chi connectivity index (χ1n) is 5.97. The zero-order chi connectivity index (χ0) is 13.0. The van der Waals surface area contributed by atoms with Crippen LogP contribution in [0, 0.1) is 6.92 Å². The maximum absolute atomic E-state index is 11.5. The number of carbonyl (C=O) groups excluding carboxylic acids is 1. The summed E-state index contributed by atoms with van der Waals surface area (Å²) < 4.78 is 4.91. The summed E-state index contributed by atoms with van der Waals surface area (Å²) in [6.45, 7) is 4.04. The first kappa shape index (κ1) is 12.4. The number of rotatable bonds is 4. The number of aromatic nitrogens is 2. The molecule has 4 heteroatoms. The summed E-state index contributed by atoms with van der Waals surface area (Å²) in [4.78, 5) is 18.8. The number of aromatic amines is 1. The lowest BCUT2D eigenvalue weighted by Crippen LogP contribution is -2.06. The number of carbonyl (C=O) groups is 1. The number of benzene rings is 1. The first-order valence-corrected chi connectivity index (χ1v) is 5.97. The zero-order valence-electron chi connectivity index (χ0n) is 10.6. The molecule has 1 N–H and O–H groups in total. The van der Waals surface area contributed by atoms with Crippen molar-refractivity contribution < 1.29 is 9.53 Å². The molecule has 0 radical (unpaired) electrons. The van der Waals surface area contributed by atoms with Gasteiger partial charge in [0.05, 0.1) is 12.3 Å². The van der Waals surface area contributed by atoms with Crippen LogP contribution >= 0.6 is 0 Å². The van der Waals surface area contributed by atoms with E-state index < -0.39 is 5.97 Å². The standard InChI is InChI=1S/C14H16N2O2/c1-3-18-14(17)13-15-10(2)12(16-13)9-11-7-5-4-6-8-11/h4-8H,3,9H2,1-2H3,(H,15,16). The summed E-state index contributed by atoms with van der Waals surface area (Å²) in [5.41, 5.74) is 2.95. The largest absolute Gasteiger partial charge is 0.460 e. The average molecular weight is 244 g/mol. The fourth-order valence-corrected chi connectivity index (χ4v) is 1.75. The Balaban J connectivity index is 2.17. The lowest BCUT2D eigenvalue weighted by molar-refractivity contribution is 0.0513. The maximum atomic E-state index is 11.5. The number of imidazole rings is 1. The first-order chi connectivity index (χ1) is 8.70. The summed E-state index contributed by atoms with van der Waals surface area (Å²) in [5, 5.41) is 0. The van der Waals surface area contributed by atoms with Crippen LogP contribution in [-0.2, 0) is 11.2 Å². The highest BCUT2D eigenvalue weighted by molar-refractivity contribution is 5.85. The smallest absolute Gasteiger partial charge is 0.374 e. The predicted molar refractivity (Wildman–Crippen MR) is 68.5 cm³/mol. The Labute approximate surface area is 106 Å². The molecular weight excluding hydrogens is 228 g/mol. The minimum atomic E-state index is -0.403. The normalized spacial score (nSPS) is 10.3. The van der Waals surface area contributed by atoms with Crippen LogP contribution in [0.15, 0.2) is 30.3 Å². The van der Waals surface area contributed by atoms with Gasteiger partial charge in [-0.1, -0.05) is 30.3 Å². The molecule has 0 saturated heterocycles. The van der Waals surface area contributed by atoms with Crippen molar-refractivity contribution in [2.45, 2.75) is 20.3 Å². The second-order valence-electron chi connectivity index (χ2n) is 4.04. The van der Waals surface area contributed by atoms with Gasteiger partial charge >= 0.3 is 5.97 Å². The lowest BCUT2D eigenvalue weighted by Gasteiger charge is -1.98. The van der Waals surface area contributed by atoms with E-state index >= 15 is 0 Å². The molecule has 0 fully saturated rings. The molecule has 0 aliphatic heterocycles. The van der Waals surface area contributed by atoms with Gasteiger partial charge < -0.3 is 9.72 Å². The molecule has 94 valence electrons. The van der Waals surface area contributed by atoms with Crippen LogP contribution < -0.4 is 0 Å². The molecule has 1 aromatic carbocycles. The van der Waals surface area contributed by atoms with Gasteiger partial charge in [0.1, 0.15) is 0 Å². The molecule has 18 heavy (non-hydrogen) atoms. The summed E-state index contributed by atoms with van der Waals surface area (Å²) in [6.07, 6.45) is 0.711. The molecule has 0 spiro atoms.